The average molecular weight is 473 g/mol. The lowest BCUT2D eigenvalue weighted by molar-refractivity contribution is -0.142. The molecule has 3 atom stereocenters. The molecule has 3 unspecified atom stereocenters. The number of ether oxygens (including phenoxy) is 1. The number of nitrogens with two attached hydrogens (primary N) is 2. The summed E-state index contributed by atoms with van der Waals surface area (Å²) in [5.41, 5.74) is 13.5. The molecule has 0 bridgehead atoms. The number of rotatable bonds is 9. The van der Waals surface area contributed by atoms with Gasteiger partial charge in [-0.25, -0.2) is 9.55 Å². The number of hydrogen-bond donors (Lipinski definition) is 3. The van der Waals surface area contributed by atoms with E-state index in [-0.39, 0.29) is 24.3 Å². The van der Waals surface area contributed by atoms with Crippen molar-refractivity contribution >= 4 is 42.8 Å². The zero-order valence-electron chi connectivity index (χ0n) is 18.0. The summed E-state index contributed by atoms with van der Waals surface area (Å²) in [5.74, 6) is 0.0180. The van der Waals surface area contributed by atoms with Crippen LogP contribution in [0.4, 0.5) is 11.8 Å². The molecule has 1 fully saturated rings. The van der Waals surface area contributed by atoms with Crippen LogP contribution in [0.25, 0.3) is 17.4 Å². The van der Waals surface area contributed by atoms with Gasteiger partial charge in [-0.2, -0.15) is 15.1 Å². The van der Waals surface area contributed by atoms with Gasteiger partial charge in [-0.3, -0.25) is 13.9 Å². The fourth-order valence-electron chi connectivity index (χ4n) is 3.14. The number of imidazole rings is 1. The number of para-hydroxylation sites is 1. The number of hydrogen-bond acceptors (Lipinski definition) is 10. The van der Waals surface area contributed by atoms with Gasteiger partial charge in [0.05, 0.1) is 13.7 Å². The molecule has 4 rings (SSSR count). The third-order valence-corrected chi connectivity index (χ3v) is 6.58. The Hall–Kier alpha value is -3.47. The Morgan fingerprint density at radius 3 is 2.82 bits per heavy atom. The maximum Gasteiger partial charge on any atom is 0.459 e. The second-order valence-corrected chi connectivity index (χ2v) is 9.16. The van der Waals surface area contributed by atoms with Gasteiger partial charge in [-0.1, -0.05) is 18.2 Å². The summed E-state index contributed by atoms with van der Waals surface area (Å²) in [4.78, 5) is 24.1. The van der Waals surface area contributed by atoms with Crippen LogP contribution in [0, 0.1) is 5.92 Å². The lowest BCUT2D eigenvalue weighted by Gasteiger charge is -2.22. The number of benzene rings is 1. The molecule has 0 saturated heterocycles. The zero-order valence-corrected chi connectivity index (χ0v) is 18.9. The van der Waals surface area contributed by atoms with Crippen LogP contribution in [0.5, 0.6) is 5.75 Å². The van der Waals surface area contributed by atoms with Gasteiger partial charge in [0.25, 0.3) is 0 Å². The number of fused-ring (bicyclic) bond motifs is 1. The average Bonchev–Trinajstić information content (AvgIpc) is 3.41. The molecule has 0 amide bonds. The molecule has 0 radical (unpaired) electrons. The molecule has 33 heavy (non-hydrogen) atoms. The minimum Gasteiger partial charge on any atom is -0.468 e. The first-order chi connectivity index (χ1) is 15.8. The van der Waals surface area contributed by atoms with E-state index in [2.05, 4.69) is 20.0 Å². The molecule has 3 aromatic rings. The maximum atomic E-state index is 13.4. The van der Waals surface area contributed by atoms with E-state index >= 15 is 0 Å². The number of nitrogen functional groups attached to an aromatic ring is 2. The van der Waals surface area contributed by atoms with Crippen LogP contribution < -0.4 is 21.1 Å². The quantitative estimate of drug-likeness (QED) is 0.307. The molecule has 1 saturated carbocycles. The fraction of sp³-hybridized carbons (Fsp3) is 0.300. The van der Waals surface area contributed by atoms with Crippen molar-refractivity contribution in [2.24, 2.45) is 5.92 Å². The highest BCUT2D eigenvalue weighted by Gasteiger charge is 2.37. The molecular weight excluding hydrogens is 449 g/mol. The van der Waals surface area contributed by atoms with E-state index in [0.29, 0.717) is 23.3 Å². The lowest BCUT2D eigenvalue weighted by Crippen LogP contribution is -2.34. The van der Waals surface area contributed by atoms with Gasteiger partial charge in [-0.15, -0.1) is 0 Å². The number of nitrogens with zero attached hydrogens (tertiary/aromatic N) is 4. The van der Waals surface area contributed by atoms with Crippen molar-refractivity contribution in [3.63, 3.8) is 0 Å². The van der Waals surface area contributed by atoms with Crippen molar-refractivity contribution in [3.05, 3.63) is 42.2 Å². The van der Waals surface area contributed by atoms with Gasteiger partial charge in [0, 0.05) is 12.1 Å². The predicted octanol–water partition coefficient (Wildman–Crippen LogP) is 2.21. The van der Waals surface area contributed by atoms with Gasteiger partial charge in [0.2, 0.25) is 5.95 Å². The Morgan fingerprint density at radius 1 is 1.33 bits per heavy atom. The number of carbonyl (C=O) groups is 1. The number of carbonyl (C=O) groups excluding carboxylic acids is 1. The molecule has 0 spiro atoms. The highest BCUT2D eigenvalue weighted by molar-refractivity contribution is 7.52. The van der Waals surface area contributed by atoms with E-state index in [1.54, 1.807) is 41.2 Å². The van der Waals surface area contributed by atoms with Crippen LogP contribution in [-0.4, -0.2) is 45.2 Å². The van der Waals surface area contributed by atoms with Crippen LogP contribution in [0.1, 0.15) is 13.3 Å². The Kier molecular flexibility index (Phi) is 6.32. The monoisotopic (exact) mass is 473 g/mol. The molecular formula is C20H24N7O5P. The molecule has 1 aliphatic carbocycles. The van der Waals surface area contributed by atoms with Crippen molar-refractivity contribution in [2.75, 3.05) is 25.2 Å². The molecule has 12 nitrogen and oxygen atoms in total. The molecule has 2 aromatic heterocycles. The summed E-state index contributed by atoms with van der Waals surface area (Å²) < 4.78 is 31.1. The molecule has 174 valence electrons. The van der Waals surface area contributed by atoms with Crippen molar-refractivity contribution < 1.29 is 23.1 Å². The minimum atomic E-state index is -3.88. The minimum absolute atomic E-state index is 0.00177. The van der Waals surface area contributed by atoms with Gasteiger partial charge >= 0.3 is 13.7 Å². The second-order valence-electron chi connectivity index (χ2n) is 7.47. The third-order valence-electron chi connectivity index (χ3n) is 4.94. The first kappa shape index (κ1) is 22.7. The van der Waals surface area contributed by atoms with Crippen molar-refractivity contribution in [1.82, 2.24) is 24.6 Å². The summed E-state index contributed by atoms with van der Waals surface area (Å²) in [6, 6.07) is 7.68. The SMILES string of the molecule is COC(=O)C(C)NP(=O)(OCC1CC1=Cn1cnc2c(N)nc(N)nc21)Oc1ccccc1. The van der Waals surface area contributed by atoms with Crippen LogP contribution in [0.15, 0.2) is 42.2 Å². The summed E-state index contributed by atoms with van der Waals surface area (Å²) in [6.07, 6.45) is 4.14. The van der Waals surface area contributed by atoms with Crippen LogP contribution in [0.2, 0.25) is 0 Å². The first-order valence-electron chi connectivity index (χ1n) is 10.1. The van der Waals surface area contributed by atoms with Crippen molar-refractivity contribution in [3.8, 4) is 5.75 Å². The molecule has 2 heterocycles. The Morgan fingerprint density at radius 2 is 2.09 bits per heavy atom. The normalized spacial score (nSPS) is 19.2. The number of esters is 1. The van der Waals surface area contributed by atoms with Crippen molar-refractivity contribution in [2.45, 2.75) is 19.4 Å². The van der Waals surface area contributed by atoms with Crippen LogP contribution in [-0.2, 0) is 18.6 Å². The van der Waals surface area contributed by atoms with Gasteiger partial charge in [0.1, 0.15) is 18.1 Å². The Labute approximate surface area is 189 Å². The third kappa shape index (κ3) is 5.30. The molecule has 5 N–H and O–H groups in total. The largest absolute Gasteiger partial charge is 0.468 e. The van der Waals surface area contributed by atoms with Crippen LogP contribution >= 0.6 is 7.75 Å². The molecule has 1 aliphatic rings. The van der Waals surface area contributed by atoms with Crippen molar-refractivity contribution in [1.29, 1.82) is 0 Å². The van der Waals surface area contributed by atoms with Gasteiger partial charge in [0.15, 0.2) is 17.0 Å². The maximum absolute atomic E-state index is 13.4. The van der Waals surface area contributed by atoms with Gasteiger partial charge < -0.3 is 20.7 Å². The summed E-state index contributed by atoms with van der Waals surface area (Å²) in [5, 5.41) is 2.63. The Bertz CT molecular complexity index is 1250. The van der Waals surface area contributed by atoms with Gasteiger partial charge in [-0.05, 0) is 31.1 Å². The highest BCUT2D eigenvalue weighted by atomic mass is 31.2. The van der Waals surface area contributed by atoms with E-state index in [1.807, 2.05) is 6.20 Å². The Balaban J connectivity index is 1.46. The highest BCUT2D eigenvalue weighted by Crippen LogP contribution is 2.48. The zero-order chi connectivity index (χ0) is 23.6. The smallest absolute Gasteiger partial charge is 0.459 e. The van der Waals surface area contributed by atoms with E-state index in [4.69, 9.17) is 25.3 Å². The summed E-state index contributed by atoms with van der Waals surface area (Å²) in [7, 11) is -2.63. The lowest BCUT2D eigenvalue weighted by atomic mass is 10.3. The fourth-order valence-corrected chi connectivity index (χ4v) is 4.68. The molecule has 1 aromatic carbocycles. The predicted molar refractivity (Wildman–Crippen MR) is 122 cm³/mol. The number of nitrogens with one attached hydrogen (secondary N) is 1. The topological polar surface area (TPSA) is 169 Å². The van der Waals surface area contributed by atoms with E-state index in [0.717, 1.165) is 5.57 Å². The molecule has 0 aliphatic heterocycles. The van der Waals surface area contributed by atoms with E-state index in [1.165, 1.54) is 14.0 Å². The number of anilines is 2. The summed E-state index contributed by atoms with van der Waals surface area (Å²) in [6.45, 7) is 1.63. The summed E-state index contributed by atoms with van der Waals surface area (Å²) >= 11 is 0. The number of methoxy groups -OCH3 is 1. The second kappa shape index (κ2) is 9.18. The first-order valence-corrected chi connectivity index (χ1v) is 11.6. The molecule has 13 heteroatoms. The number of aromatic nitrogens is 4. The van der Waals surface area contributed by atoms with E-state index in [9.17, 15) is 9.36 Å². The van der Waals surface area contributed by atoms with E-state index < -0.39 is 19.8 Å². The van der Waals surface area contributed by atoms with Crippen LogP contribution in [0.3, 0.4) is 0 Å². The standard InChI is InChI=1S/C20H24N7O5P/c1-12(19(28)30-2)26-33(29,32-15-6-4-3-5-7-15)31-10-14-8-13(14)9-27-11-23-16-17(21)24-20(22)25-18(16)27/h3-7,9,11-12,14H,8,10H2,1-2H3,(H,26,29)(H4,21,22,24,25).